The predicted molar refractivity (Wildman–Crippen MR) is 106 cm³/mol. The lowest BCUT2D eigenvalue weighted by Gasteiger charge is -2.22. The van der Waals surface area contributed by atoms with Gasteiger partial charge in [-0.15, -0.1) is 24.0 Å². The fourth-order valence-electron chi connectivity index (χ4n) is 2.21. The average molecular weight is 467 g/mol. The fourth-order valence-corrected chi connectivity index (χ4v) is 2.48. The van der Waals surface area contributed by atoms with Crippen molar-refractivity contribution in [2.24, 2.45) is 12.0 Å². The molecule has 2 heterocycles. The molecule has 7 nitrogen and oxygen atoms in total. The summed E-state index contributed by atoms with van der Waals surface area (Å²) in [6.07, 6.45) is 2.52. The third-order valence-electron chi connectivity index (χ3n) is 3.33. The Morgan fingerprint density at radius 1 is 1.50 bits per heavy atom. The maximum atomic E-state index is 6.03. The quantitative estimate of drug-likeness (QED) is 0.403. The van der Waals surface area contributed by atoms with Gasteiger partial charge in [-0.05, 0) is 19.9 Å². The molecule has 2 aromatic rings. The van der Waals surface area contributed by atoms with E-state index in [1.807, 2.05) is 37.8 Å². The van der Waals surface area contributed by atoms with Crippen molar-refractivity contribution in [3.8, 4) is 0 Å². The number of rotatable bonds is 6. The number of nitrogens with one attached hydrogen (secondary N) is 1. The van der Waals surface area contributed by atoms with Crippen molar-refractivity contribution < 1.29 is 4.52 Å². The highest BCUT2D eigenvalue weighted by Gasteiger charge is 2.10. The van der Waals surface area contributed by atoms with E-state index in [0.717, 1.165) is 23.2 Å². The van der Waals surface area contributed by atoms with Crippen LogP contribution in [0.25, 0.3) is 0 Å². The molecule has 0 aromatic carbocycles. The maximum absolute atomic E-state index is 6.03. The molecule has 0 saturated carbocycles. The molecule has 0 atom stereocenters. The van der Waals surface area contributed by atoms with Gasteiger partial charge in [-0.2, -0.15) is 4.98 Å². The van der Waals surface area contributed by atoms with Crippen LogP contribution in [0.5, 0.6) is 0 Å². The van der Waals surface area contributed by atoms with E-state index in [1.165, 1.54) is 0 Å². The first-order valence-electron chi connectivity index (χ1n) is 7.59. The van der Waals surface area contributed by atoms with Crippen molar-refractivity contribution >= 4 is 41.5 Å². The van der Waals surface area contributed by atoms with E-state index in [-0.39, 0.29) is 24.0 Å². The molecule has 0 saturated heterocycles. The van der Waals surface area contributed by atoms with Crippen LogP contribution in [0.15, 0.2) is 21.8 Å². The monoisotopic (exact) mass is 466 g/mol. The highest BCUT2D eigenvalue weighted by Crippen LogP contribution is 2.14. The first-order chi connectivity index (χ1) is 11.0. The lowest BCUT2D eigenvalue weighted by atomic mass is 10.4. The number of aromatic nitrogens is 3. The van der Waals surface area contributed by atoms with Gasteiger partial charge in [-0.3, -0.25) is 4.99 Å². The Morgan fingerprint density at radius 3 is 2.79 bits per heavy atom. The molecule has 2 aromatic heterocycles. The molecule has 2 rings (SSSR count). The molecule has 1 N–H and O–H groups in total. The van der Waals surface area contributed by atoms with Crippen molar-refractivity contribution in [1.29, 1.82) is 0 Å². The molecule has 134 valence electrons. The molecule has 0 aliphatic heterocycles. The number of guanidine groups is 1. The van der Waals surface area contributed by atoms with Crippen LogP contribution in [0.3, 0.4) is 0 Å². The second-order valence-electron chi connectivity index (χ2n) is 5.34. The number of hydrogen-bond donors (Lipinski definition) is 1. The largest absolute Gasteiger partial charge is 0.357 e. The normalized spacial score (nSPS) is 11.3. The van der Waals surface area contributed by atoms with Crippen molar-refractivity contribution in [3.63, 3.8) is 0 Å². The molecule has 24 heavy (non-hydrogen) atoms. The molecule has 0 aliphatic rings. The molecule has 0 aliphatic carbocycles. The van der Waals surface area contributed by atoms with E-state index in [1.54, 1.807) is 6.92 Å². The highest BCUT2D eigenvalue weighted by molar-refractivity contribution is 14.0. The summed E-state index contributed by atoms with van der Waals surface area (Å²) in [5.74, 6) is 2.09. The van der Waals surface area contributed by atoms with Gasteiger partial charge in [0.25, 0.3) is 0 Å². The Labute approximate surface area is 164 Å². The van der Waals surface area contributed by atoms with Gasteiger partial charge in [0.2, 0.25) is 5.89 Å². The molecule has 0 unspecified atom stereocenters. The standard InChI is InChI=1S/C15H23ClN6O.HI/c1-5-17-15(18-7-6-14-19-11(2)20-23-14)22(4)10-13-8-12(16)9-21(13)3;/h8-9H,5-7,10H2,1-4H3,(H,17,18);1H. The van der Waals surface area contributed by atoms with E-state index in [4.69, 9.17) is 16.1 Å². The first kappa shape index (κ1) is 20.8. The van der Waals surface area contributed by atoms with Crippen LogP contribution >= 0.6 is 35.6 Å². The minimum Gasteiger partial charge on any atom is -0.357 e. The topological polar surface area (TPSA) is 71.5 Å². The van der Waals surface area contributed by atoms with Crippen LogP contribution in [0.1, 0.15) is 24.3 Å². The van der Waals surface area contributed by atoms with Crippen molar-refractivity contribution in [3.05, 3.63) is 34.7 Å². The SMILES string of the molecule is CCNC(=NCCc1nc(C)no1)N(C)Cc1cc(Cl)cn1C.I. The van der Waals surface area contributed by atoms with Gasteiger partial charge in [0.15, 0.2) is 11.8 Å². The lowest BCUT2D eigenvalue weighted by Crippen LogP contribution is -2.39. The molecule has 0 amide bonds. The zero-order chi connectivity index (χ0) is 16.8. The Balaban J connectivity index is 0.00000288. The van der Waals surface area contributed by atoms with Crippen LogP contribution in [0, 0.1) is 6.92 Å². The molecule has 0 radical (unpaired) electrons. The van der Waals surface area contributed by atoms with Gasteiger partial charge >= 0.3 is 0 Å². The van der Waals surface area contributed by atoms with Crippen LogP contribution < -0.4 is 5.32 Å². The highest BCUT2D eigenvalue weighted by atomic mass is 127. The van der Waals surface area contributed by atoms with E-state index in [0.29, 0.717) is 31.2 Å². The summed E-state index contributed by atoms with van der Waals surface area (Å²) < 4.78 is 7.12. The second-order valence-corrected chi connectivity index (χ2v) is 5.77. The first-order valence-corrected chi connectivity index (χ1v) is 7.96. The van der Waals surface area contributed by atoms with Gasteiger partial charge in [0.1, 0.15) is 0 Å². The van der Waals surface area contributed by atoms with Gasteiger partial charge in [-0.1, -0.05) is 16.8 Å². The number of aliphatic imine (C=N–C) groups is 1. The Kier molecular flexibility index (Phi) is 8.54. The van der Waals surface area contributed by atoms with E-state index < -0.39 is 0 Å². The summed E-state index contributed by atoms with van der Waals surface area (Å²) in [5.41, 5.74) is 1.12. The fraction of sp³-hybridized carbons (Fsp3) is 0.533. The van der Waals surface area contributed by atoms with Crippen LogP contribution in [0.2, 0.25) is 5.02 Å². The number of hydrogen-bond acceptors (Lipinski definition) is 4. The molecule has 9 heteroatoms. The van der Waals surface area contributed by atoms with Crippen molar-refractivity contribution in [2.45, 2.75) is 26.8 Å². The molecule has 0 spiro atoms. The number of aryl methyl sites for hydroxylation is 2. The Bertz CT molecular complexity index is 669. The summed E-state index contributed by atoms with van der Waals surface area (Å²) in [6.45, 7) is 5.96. The third-order valence-corrected chi connectivity index (χ3v) is 3.53. The average Bonchev–Trinajstić information content (AvgIpc) is 3.03. The lowest BCUT2D eigenvalue weighted by molar-refractivity contribution is 0.375. The zero-order valence-electron chi connectivity index (χ0n) is 14.4. The van der Waals surface area contributed by atoms with Crippen molar-refractivity contribution in [1.82, 2.24) is 24.9 Å². The number of halogens is 2. The van der Waals surface area contributed by atoms with Crippen LogP contribution in [-0.4, -0.2) is 45.7 Å². The van der Waals surface area contributed by atoms with Gasteiger partial charge in [0.05, 0.1) is 18.1 Å². The molecular weight excluding hydrogens is 443 g/mol. The van der Waals surface area contributed by atoms with Crippen molar-refractivity contribution in [2.75, 3.05) is 20.1 Å². The molecular formula is C15H24ClIN6O. The minimum absolute atomic E-state index is 0. The van der Waals surface area contributed by atoms with E-state index in [2.05, 4.69) is 25.3 Å². The van der Waals surface area contributed by atoms with Gasteiger partial charge in [0, 0.05) is 39.0 Å². The summed E-state index contributed by atoms with van der Waals surface area (Å²) >= 11 is 6.03. The second kappa shape index (κ2) is 9.87. The molecule has 0 bridgehead atoms. The maximum Gasteiger partial charge on any atom is 0.228 e. The third kappa shape index (κ3) is 5.97. The van der Waals surface area contributed by atoms with Gasteiger partial charge < -0.3 is 19.3 Å². The smallest absolute Gasteiger partial charge is 0.228 e. The molecule has 0 fully saturated rings. The summed E-state index contributed by atoms with van der Waals surface area (Å²) in [4.78, 5) is 10.9. The minimum atomic E-state index is 0. The van der Waals surface area contributed by atoms with Crippen LogP contribution in [-0.2, 0) is 20.0 Å². The number of nitrogens with zero attached hydrogens (tertiary/aromatic N) is 5. The Morgan fingerprint density at radius 2 is 2.25 bits per heavy atom. The van der Waals surface area contributed by atoms with Crippen LogP contribution in [0.4, 0.5) is 0 Å². The summed E-state index contributed by atoms with van der Waals surface area (Å²) in [6, 6.07) is 1.96. The summed E-state index contributed by atoms with van der Waals surface area (Å²) in [5, 5.41) is 7.81. The Hall–Kier alpha value is -1.29. The predicted octanol–water partition coefficient (Wildman–Crippen LogP) is 2.63. The van der Waals surface area contributed by atoms with Gasteiger partial charge in [-0.25, -0.2) is 0 Å². The van der Waals surface area contributed by atoms with E-state index >= 15 is 0 Å². The van der Waals surface area contributed by atoms with E-state index in [9.17, 15) is 0 Å². The summed E-state index contributed by atoms with van der Waals surface area (Å²) in [7, 11) is 3.98. The zero-order valence-corrected chi connectivity index (χ0v) is 17.5.